The number of hydrogen-bond acceptors (Lipinski definition) is 5. The maximum atomic E-state index is 12.1. The normalized spacial score (nSPS) is 11.9. The molecule has 1 amide bonds. The summed E-state index contributed by atoms with van der Waals surface area (Å²) in [7, 11) is 1.27. The van der Waals surface area contributed by atoms with E-state index < -0.39 is 5.97 Å². The monoisotopic (exact) mass is 361 g/mol. The van der Waals surface area contributed by atoms with E-state index in [4.69, 9.17) is 21.1 Å². The molecule has 1 aliphatic rings. The van der Waals surface area contributed by atoms with Gasteiger partial charge in [-0.3, -0.25) is 4.79 Å². The van der Waals surface area contributed by atoms with Crippen molar-refractivity contribution < 1.29 is 23.8 Å². The number of nitrogens with one attached hydrogen (secondary N) is 1. The number of hydrogen-bond donors (Lipinski definition) is 1. The molecule has 130 valence electrons. The third-order valence-corrected chi connectivity index (χ3v) is 4.06. The van der Waals surface area contributed by atoms with E-state index in [0.29, 0.717) is 23.6 Å². The van der Waals surface area contributed by atoms with E-state index in [1.54, 1.807) is 12.1 Å². The summed E-state index contributed by atoms with van der Waals surface area (Å²) < 4.78 is 15.2. The standard InChI is InChI=1S/C18H16ClNO5/c1-23-18(22)13-9-12(4-5-14(13)19)20-17(21)7-3-11-2-6-15-16(8-11)25-10-24-15/h2,4-6,8-9H,3,7,10H2,1H3,(H,20,21). The minimum absolute atomic E-state index is 0.171. The van der Waals surface area contributed by atoms with Gasteiger partial charge in [0, 0.05) is 12.1 Å². The number of ether oxygens (including phenoxy) is 3. The average Bonchev–Trinajstić information content (AvgIpc) is 3.08. The number of methoxy groups -OCH3 is 1. The number of esters is 1. The zero-order chi connectivity index (χ0) is 17.8. The third kappa shape index (κ3) is 4.03. The molecule has 6 nitrogen and oxygen atoms in total. The van der Waals surface area contributed by atoms with Crippen molar-refractivity contribution in [3.8, 4) is 11.5 Å². The molecule has 0 fully saturated rings. The van der Waals surface area contributed by atoms with Crippen molar-refractivity contribution in [2.45, 2.75) is 12.8 Å². The molecule has 25 heavy (non-hydrogen) atoms. The number of anilines is 1. The summed E-state index contributed by atoms with van der Waals surface area (Å²) in [6.45, 7) is 0.221. The Morgan fingerprint density at radius 3 is 2.76 bits per heavy atom. The van der Waals surface area contributed by atoms with Crippen LogP contribution in [0.15, 0.2) is 36.4 Å². The minimum Gasteiger partial charge on any atom is -0.465 e. The fourth-order valence-electron chi connectivity index (χ4n) is 2.45. The first kappa shape index (κ1) is 17.1. The summed E-state index contributed by atoms with van der Waals surface area (Å²) in [5, 5.41) is 3.02. The highest BCUT2D eigenvalue weighted by atomic mass is 35.5. The molecule has 2 aromatic rings. The lowest BCUT2D eigenvalue weighted by Crippen LogP contribution is -2.13. The van der Waals surface area contributed by atoms with Gasteiger partial charge in [0.25, 0.3) is 0 Å². The van der Waals surface area contributed by atoms with Gasteiger partial charge in [-0.05, 0) is 42.3 Å². The lowest BCUT2D eigenvalue weighted by atomic mass is 10.1. The molecule has 1 N–H and O–H groups in total. The first-order valence-electron chi connectivity index (χ1n) is 7.63. The quantitative estimate of drug-likeness (QED) is 0.826. The van der Waals surface area contributed by atoms with Crippen molar-refractivity contribution in [2.24, 2.45) is 0 Å². The second kappa shape index (κ2) is 7.44. The molecule has 0 saturated heterocycles. The number of aryl methyl sites for hydroxylation is 1. The molecule has 0 radical (unpaired) electrons. The van der Waals surface area contributed by atoms with E-state index in [2.05, 4.69) is 10.1 Å². The van der Waals surface area contributed by atoms with Crippen LogP contribution in [0.2, 0.25) is 5.02 Å². The summed E-state index contributed by atoms with van der Waals surface area (Å²) in [4.78, 5) is 23.8. The van der Waals surface area contributed by atoms with E-state index >= 15 is 0 Å². The first-order valence-corrected chi connectivity index (χ1v) is 8.01. The highest BCUT2D eigenvalue weighted by molar-refractivity contribution is 6.33. The molecular weight excluding hydrogens is 346 g/mol. The van der Waals surface area contributed by atoms with Crippen molar-refractivity contribution in [3.63, 3.8) is 0 Å². The number of halogens is 1. The van der Waals surface area contributed by atoms with Gasteiger partial charge in [-0.2, -0.15) is 0 Å². The summed E-state index contributed by atoms with van der Waals surface area (Å²) >= 11 is 5.96. The van der Waals surface area contributed by atoms with Gasteiger partial charge in [0.1, 0.15) is 0 Å². The van der Waals surface area contributed by atoms with Crippen LogP contribution in [0.25, 0.3) is 0 Å². The van der Waals surface area contributed by atoms with E-state index in [1.807, 2.05) is 18.2 Å². The van der Waals surface area contributed by atoms with Gasteiger partial charge in [0.05, 0.1) is 17.7 Å². The average molecular weight is 362 g/mol. The summed E-state index contributed by atoms with van der Waals surface area (Å²) in [5.41, 5.74) is 1.67. The third-order valence-electron chi connectivity index (χ3n) is 3.73. The molecule has 0 aliphatic carbocycles. The molecule has 0 atom stereocenters. The SMILES string of the molecule is COC(=O)c1cc(NC(=O)CCc2ccc3c(c2)OCO3)ccc1Cl. The molecule has 3 rings (SSSR count). The number of carbonyl (C=O) groups is 2. The Bertz CT molecular complexity index is 821. The second-order valence-electron chi connectivity index (χ2n) is 5.42. The molecule has 0 saturated carbocycles. The van der Waals surface area contributed by atoms with Crippen molar-refractivity contribution in [2.75, 3.05) is 19.2 Å². The van der Waals surface area contributed by atoms with Crippen LogP contribution in [-0.4, -0.2) is 25.8 Å². The summed E-state index contributed by atoms with van der Waals surface area (Å²) in [6, 6.07) is 10.3. The second-order valence-corrected chi connectivity index (χ2v) is 5.83. The van der Waals surface area contributed by atoms with Gasteiger partial charge < -0.3 is 19.5 Å². The Morgan fingerprint density at radius 1 is 1.16 bits per heavy atom. The Kier molecular flexibility index (Phi) is 5.09. The van der Waals surface area contributed by atoms with Gasteiger partial charge in [-0.25, -0.2) is 4.79 Å². The Morgan fingerprint density at radius 2 is 1.96 bits per heavy atom. The van der Waals surface area contributed by atoms with Crippen molar-refractivity contribution in [1.82, 2.24) is 0 Å². The molecule has 1 aliphatic heterocycles. The predicted octanol–water partition coefficient (Wildman–Crippen LogP) is 3.43. The Labute approximate surface area is 149 Å². The number of benzene rings is 2. The molecule has 2 aromatic carbocycles. The first-order chi connectivity index (χ1) is 12.1. The minimum atomic E-state index is -0.554. The molecule has 1 heterocycles. The number of fused-ring (bicyclic) bond motifs is 1. The molecule has 0 aromatic heterocycles. The van der Waals surface area contributed by atoms with Gasteiger partial charge in [-0.15, -0.1) is 0 Å². The fraction of sp³-hybridized carbons (Fsp3) is 0.222. The van der Waals surface area contributed by atoms with Crippen LogP contribution in [0.1, 0.15) is 22.3 Å². The maximum Gasteiger partial charge on any atom is 0.339 e. The van der Waals surface area contributed by atoms with Crippen LogP contribution in [0, 0.1) is 0 Å². The molecule has 0 unspecified atom stereocenters. The van der Waals surface area contributed by atoms with E-state index in [0.717, 1.165) is 5.56 Å². The molecule has 0 bridgehead atoms. The highest BCUT2D eigenvalue weighted by Crippen LogP contribution is 2.32. The number of rotatable bonds is 5. The van der Waals surface area contributed by atoms with Crippen LogP contribution >= 0.6 is 11.6 Å². The van der Waals surface area contributed by atoms with Gasteiger partial charge in [-0.1, -0.05) is 17.7 Å². The molecule has 7 heteroatoms. The van der Waals surface area contributed by atoms with Crippen LogP contribution < -0.4 is 14.8 Å². The lowest BCUT2D eigenvalue weighted by Gasteiger charge is -2.08. The summed E-state index contributed by atoms with van der Waals surface area (Å²) in [6.07, 6.45) is 0.843. The van der Waals surface area contributed by atoms with Crippen LogP contribution in [0.3, 0.4) is 0 Å². The van der Waals surface area contributed by atoms with Crippen LogP contribution in [0.5, 0.6) is 11.5 Å². The molecular formula is C18H16ClNO5. The fourth-order valence-corrected chi connectivity index (χ4v) is 2.64. The topological polar surface area (TPSA) is 73.9 Å². The Balaban J connectivity index is 1.60. The highest BCUT2D eigenvalue weighted by Gasteiger charge is 2.15. The molecule has 0 spiro atoms. The van der Waals surface area contributed by atoms with E-state index in [9.17, 15) is 9.59 Å². The van der Waals surface area contributed by atoms with Crippen molar-refractivity contribution in [1.29, 1.82) is 0 Å². The van der Waals surface area contributed by atoms with Crippen molar-refractivity contribution >= 4 is 29.2 Å². The lowest BCUT2D eigenvalue weighted by molar-refractivity contribution is -0.116. The van der Waals surface area contributed by atoms with E-state index in [1.165, 1.54) is 13.2 Å². The maximum absolute atomic E-state index is 12.1. The zero-order valence-corrected chi connectivity index (χ0v) is 14.3. The van der Waals surface area contributed by atoms with Gasteiger partial charge in [0.15, 0.2) is 11.5 Å². The van der Waals surface area contributed by atoms with Crippen LogP contribution in [-0.2, 0) is 16.0 Å². The van der Waals surface area contributed by atoms with Gasteiger partial charge >= 0.3 is 5.97 Å². The van der Waals surface area contributed by atoms with E-state index in [-0.39, 0.29) is 29.7 Å². The number of amides is 1. The predicted molar refractivity (Wildman–Crippen MR) is 92.3 cm³/mol. The van der Waals surface area contributed by atoms with Gasteiger partial charge in [0.2, 0.25) is 12.7 Å². The van der Waals surface area contributed by atoms with Crippen molar-refractivity contribution in [3.05, 3.63) is 52.5 Å². The number of carbonyl (C=O) groups excluding carboxylic acids is 2. The van der Waals surface area contributed by atoms with Crippen LogP contribution in [0.4, 0.5) is 5.69 Å². The largest absolute Gasteiger partial charge is 0.465 e. The smallest absolute Gasteiger partial charge is 0.339 e. The summed E-state index contributed by atoms with van der Waals surface area (Å²) in [5.74, 6) is 0.681. The zero-order valence-electron chi connectivity index (χ0n) is 13.5. The Hall–Kier alpha value is -2.73.